The van der Waals surface area contributed by atoms with E-state index in [9.17, 15) is 9.59 Å². The Bertz CT molecular complexity index is 189. The van der Waals surface area contributed by atoms with E-state index in [2.05, 4.69) is 11.7 Å². The molecule has 0 heterocycles. The summed E-state index contributed by atoms with van der Waals surface area (Å²) in [6, 6.07) is 0. The summed E-state index contributed by atoms with van der Waals surface area (Å²) < 4.78 is 9.40. The Morgan fingerprint density at radius 2 is 1.69 bits per heavy atom. The maximum Gasteiger partial charge on any atom is 0.302 e. The van der Waals surface area contributed by atoms with Gasteiger partial charge in [0.15, 0.2) is 0 Å². The van der Waals surface area contributed by atoms with Crippen LogP contribution in [0.5, 0.6) is 0 Å². The van der Waals surface area contributed by atoms with Crippen LogP contribution >= 0.6 is 0 Å². The first kappa shape index (κ1) is 17.3. The van der Waals surface area contributed by atoms with E-state index in [0.29, 0.717) is 6.61 Å². The second kappa shape index (κ2) is 12.0. The summed E-state index contributed by atoms with van der Waals surface area (Å²) in [4.78, 5) is 20.3. The molecule has 0 aromatic carbocycles. The minimum atomic E-state index is -0.195. The van der Waals surface area contributed by atoms with Gasteiger partial charge in [-0.3, -0.25) is 9.59 Å². The van der Waals surface area contributed by atoms with Gasteiger partial charge in [-0.2, -0.15) is 0 Å². The van der Waals surface area contributed by atoms with Crippen LogP contribution in [0.1, 0.15) is 53.9 Å². The summed E-state index contributed by atoms with van der Waals surface area (Å²) in [6.07, 6.45) is 3.01. The monoisotopic (exact) mass is 232 g/mol. The standard InChI is InChI=1S/2C6H12O2/c1-4-5(2)8-6(3)7;1-3-4-5-8-6(2)7/h5H,4H2,1-3H3;3-5H2,1-2H3. The van der Waals surface area contributed by atoms with Gasteiger partial charge in [0.25, 0.3) is 0 Å². The van der Waals surface area contributed by atoms with Gasteiger partial charge in [-0.1, -0.05) is 20.3 Å². The Morgan fingerprint density at radius 3 is 1.94 bits per heavy atom. The molecule has 0 N–H and O–H groups in total. The molecule has 0 aliphatic heterocycles. The van der Waals surface area contributed by atoms with Gasteiger partial charge < -0.3 is 9.47 Å². The highest BCUT2D eigenvalue weighted by Gasteiger charge is 1.99. The van der Waals surface area contributed by atoms with Gasteiger partial charge in [-0.25, -0.2) is 0 Å². The average molecular weight is 232 g/mol. The van der Waals surface area contributed by atoms with Crippen molar-refractivity contribution in [3.05, 3.63) is 0 Å². The third-order valence-electron chi connectivity index (χ3n) is 1.75. The number of unbranched alkanes of at least 4 members (excludes halogenated alkanes) is 1. The molecule has 0 fully saturated rings. The Kier molecular flexibility index (Phi) is 13.0. The van der Waals surface area contributed by atoms with Crippen LogP contribution in [0.15, 0.2) is 0 Å². The largest absolute Gasteiger partial charge is 0.466 e. The van der Waals surface area contributed by atoms with Gasteiger partial charge >= 0.3 is 11.9 Å². The minimum absolute atomic E-state index is 0.0764. The molecule has 96 valence electrons. The van der Waals surface area contributed by atoms with Crippen LogP contribution in [0, 0.1) is 0 Å². The third-order valence-corrected chi connectivity index (χ3v) is 1.75. The Balaban J connectivity index is 0. The second-order valence-corrected chi connectivity index (χ2v) is 3.52. The highest BCUT2D eigenvalue weighted by atomic mass is 16.5. The average Bonchev–Trinajstić information content (AvgIpc) is 2.17. The number of hydrogen-bond donors (Lipinski definition) is 0. The summed E-state index contributed by atoms with van der Waals surface area (Å²) in [6.45, 7) is 9.34. The maximum atomic E-state index is 10.2. The number of ether oxygens (including phenoxy) is 2. The van der Waals surface area contributed by atoms with Crippen LogP contribution in [0.25, 0.3) is 0 Å². The van der Waals surface area contributed by atoms with E-state index < -0.39 is 0 Å². The van der Waals surface area contributed by atoms with Crippen molar-refractivity contribution in [1.29, 1.82) is 0 Å². The summed E-state index contributed by atoms with van der Waals surface area (Å²) in [7, 11) is 0. The first-order valence-corrected chi connectivity index (χ1v) is 5.74. The number of rotatable bonds is 5. The molecule has 16 heavy (non-hydrogen) atoms. The molecular formula is C12H24O4. The molecule has 4 nitrogen and oxygen atoms in total. The van der Waals surface area contributed by atoms with Gasteiger partial charge in [0.1, 0.15) is 0 Å². The molecule has 0 bridgehead atoms. The fourth-order valence-electron chi connectivity index (χ4n) is 0.727. The molecule has 4 heteroatoms. The first-order valence-electron chi connectivity index (χ1n) is 5.74. The second-order valence-electron chi connectivity index (χ2n) is 3.52. The molecule has 1 atom stereocenters. The van der Waals surface area contributed by atoms with Crippen LogP contribution in [0.3, 0.4) is 0 Å². The fraction of sp³-hybridized carbons (Fsp3) is 0.833. The molecule has 0 radical (unpaired) electrons. The highest BCUT2D eigenvalue weighted by Crippen LogP contribution is 1.94. The maximum absolute atomic E-state index is 10.2. The lowest BCUT2D eigenvalue weighted by molar-refractivity contribution is -0.145. The highest BCUT2D eigenvalue weighted by molar-refractivity contribution is 5.66. The predicted molar refractivity (Wildman–Crippen MR) is 63.1 cm³/mol. The van der Waals surface area contributed by atoms with Crippen molar-refractivity contribution >= 4 is 11.9 Å². The van der Waals surface area contributed by atoms with E-state index in [1.807, 2.05) is 13.8 Å². The van der Waals surface area contributed by atoms with E-state index >= 15 is 0 Å². The molecule has 0 saturated heterocycles. The number of hydrogen-bond acceptors (Lipinski definition) is 4. The van der Waals surface area contributed by atoms with Crippen molar-refractivity contribution < 1.29 is 19.1 Å². The smallest absolute Gasteiger partial charge is 0.302 e. The summed E-state index contributed by atoms with van der Waals surface area (Å²) in [5, 5.41) is 0. The summed E-state index contributed by atoms with van der Waals surface area (Å²) >= 11 is 0. The number of carbonyl (C=O) groups excluding carboxylic acids is 2. The number of carbonyl (C=O) groups is 2. The Hall–Kier alpha value is -1.06. The Labute approximate surface area is 98.3 Å². The molecule has 0 aliphatic carbocycles. The molecule has 0 rings (SSSR count). The predicted octanol–water partition coefficient (Wildman–Crippen LogP) is 2.70. The van der Waals surface area contributed by atoms with Gasteiger partial charge in [0.05, 0.1) is 12.7 Å². The zero-order valence-corrected chi connectivity index (χ0v) is 11.0. The van der Waals surface area contributed by atoms with Crippen LogP contribution in [-0.2, 0) is 19.1 Å². The van der Waals surface area contributed by atoms with E-state index in [1.165, 1.54) is 13.8 Å². The lowest BCUT2D eigenvalue weighted by atomic mass is 10.3. The van der Waals surface area contributed by atoms with Crippen LogP contribution in [-0.4, -0.2) is 24.6 Å². The molecule has 0 aromatic rings. The van der Waals surface area contributed by atoms with E-state index in [0.717, 1.165) is 19.3 Å². The van der Waals surface area contributed by atoms with Gasteiger partial charge in [-0.05, 0) is 19.8 Å². The SMILES string of the molecule is CCC(C)OC(C)=O.CCCCOC(C)=O. The van der Waals surface area contributed by atoms with Crippen LogP contribution in [0.4, 0.5) is 0 Å². The van der Waals surface area contributed by atoms with Crippen LogP contribution < -0.4 is 0 Å². The zero-order chi connectivity index (χ0) is 13.0. The quantitative estimate of drug-likeness (QED) is 0.540. The van der Waals surface area contributed by atoms with E-state index in [4.69, 9.17) is 4.74 Å². The lowest BCUT2D eigenvalue weighted by Gasteiger charge is -2.06. The fourth-order valence-corrected chi connectivity index (χ4v) is 0.727. The lowest BCUT2D eigenvalue weighted by Crippen LogP contribution is -2.09. The number of esters is 2. The van der Waals surface area contributed by atoms with Crippen molar-refractivity contribution in [2.45, 2.75) is 60.0 Å². The minimum Gasteiger partial charge on any atom is -0.466 e. The molecular weight excluding hydrogens is 208 g/mol. The van der Waals surface area contributed by atoms with Crippen molar-refractivity contribution in [1.82, 2.24) is 0 Å². The zero-order valence-electron chi connectivity index (χ0n) is 11.0. The molecule has 0 saturated carbocycles. The van der Waals surface area contributed by atoms with Crippen LogP contribution in [0.2, 0.25) is 0 Å². The molecule has 0 aromatic heterocycles. The third kappa shape index (κ3) is 18.7. The normalized spacial score (nSPS) is 10.8. The van der Waals surface area contributed by atoms with Crippen molar-refractivity contribution in [2.24, 2.45) is 0 Å². The first-order chi connectivity index (χ1) is 7.43. The van der Waals surface area contributed by atoms with Gasteiger partial charge in [0.2, 0.25) is 0 Å². The molecule has 1 unspecified atom stereocenters. The van der Waals surface area contributed by atoms with Gasteiger partial charge in [-0.15, -0.1) is 0 Å². The van der Waals surface area contributed by atoms with E-state index in [-0.39, 0.29) is 18.0 Å². The summed E-state index contributed by atoms with van der Waals surface area (Å²) in [5.74, 6) is -0.377. The van der Waals surface area contributed by atoms with Crippen molar-refractivity contribution in [3.63, 3.8) is 0 Å². The Morgan fingerprint density at radius 1 is 1.12 bits per heavy atom. The van der Waals surface area contributed by atoms with Crippen molar-refractivity contribution in [3.8, 4) is 0 Å². The molecule has 0 spiro atoms. The van der Waals surface area contributed by atoms with E-state index in [1.54, 1.807) is 0 Å². The molecule has 0 amide bonds. The van der Waals surface area contributed by atoms with Gasteiger partial charge in [0, 0.05) is 13.8 Å². The molecule has 0 aliphatic rings. The van der Waals surface area contributed by atoms with Crippen molar-refractivity contribution in [2.75, 3.05) is 6.61 Å². The topological polar surface area (TPSA) is 52.6 Å². The summed E-state index contributed by atoms with van der Waals surface area (Å²) in [5.41, 5.74) is 0.